The van der Waals surface area contributed by atoms with Crippen LogP contribution in [0.5, 0.6) is 0 Å². The van der Waals surface area contributed by atoms with Gasteiger partial charge in [-0.25, -0.2) is 4.68 Å². The van der Waals surface area contributed by atoms with E-state index in [1.807, 2.05) is 4.68 Å². The Labute approximate surface area is 104 Å². The molecular formula is C10H17N5OS. The molecule has 0 radical (unpaired) electrons. The van der Waals surface area contributed by atoms with Crippen LogP contribution in [0.15, 0.2) is 5.16 Å². The summed E-state index contributed by atoms with van der Waals surface area (Å²) in [5.41, 5.74) is 5.24. The van der Waals surface area contributed by atoms with E-state index in [-0.39, 0.29) is 11.2 Å². The van der Waals surface area contributed by atoms with E-state index >= 15 is 0 Å². The second-order valence-electron chi connectivity index (χ2n) is 4.36. The normalized spacial score (nSPS) is 19.1. The molecule has 1 heterocycles. The molecule has 0 aromatic carbocycles. The molecule has 7 heteroatoms. The summed E-state index contributed by atoms with van der Waals surface area (Å²) in [6.07, 6.45) is 5.96. The van der Waals surface area contributed by atoms with E-state index in [4.69, 9.17) is 5.73 Å². The monoisotopic (exact) mass is 255 g/mol. The summed E-state index contributed by atoms with van der Waals surface area (Å²) < 4.78 is 1.85. The number of aromatic nitrogens is 4. The minimum atomic E-state index is -0.340. The summed E-state index contributed by atoms with van der Waals surface area (Å²) >= 11 is 1.33. The summed E-state index contributed by atoms with van der Waals surface area (Å²) in [7, 11) is 0. The zero-order valence-corrected chi connectivity index (χ0v) is 10.7. The first kappa shape index (κ1) is 12.3. The van der Waals surface area contributed by atoms with Gasteiger partial charge in [0.05, 0.1) is 11.3 Å². The quantitative estimate of drug-likeness (QED) is 0.815. The van der Waals surface area contributed by atoms with E-state index in [9.17, 15) is 4.79 Å². The number of rotatable bonds is 4. The van der Waals surface area contributed by atoms with Crippen LogP contribution >= 0.6 is 11.8 Å². The summed E-state index contributed by atoms with van der Waals surface area (Å²) in [5.74, 6) is -0.340. The van der Waals surface area contributed by atoms with E-state index in [1.54, 1.807) is 6.92 Å². The summed E-state index contributed by atoms with van der Waals surface area (Å²) in [5, 5.41) is 12.1. The number of carbonyl (C=O) groups is 1. The molecule has 2 N–H and O–H groups in total. The second-order valence-corrected chi connectivity index (χ2v) is 5.67. The van der Waals surface area contributed by atoms with Gasteiger partial charge in [0.25, 0.3) is 0 Å². The van der Waals surface area contributed by atoms with Crippen LogP contribution in [-0.2, 0) is 4.79 Å². The maximum atomic E-state index is 11.0. The molecular weight excluding hydrogens is 238 g/mol. The van der Waals surface area contributed by atoms with Gasteiger partial charge in [-0.2, -0.15) is 0 Å². The highest BCUT2D eigenvalue weighted by atomic mass is 32.2. The smallest absolute Gasteiger partial charge is 0.230 e. The van der Waals surface area contributed by atoms with Gasteiger partial charge in [-0.1, -0.05) is 31.0 Å². The maximum Gasteiger partial charge on any atom is 0.230 e. The molecule has 2 rings (SSSR count). The van der Waals surface area contributed by atoms with Crippen molar-refractivity contribution in [1.29, 1.82) is 0 Å². The lowest BCUT2D eigenvalue weighted by Gasteiger charge is -2.22. The molecule has 1 amide bonds. The van der Waals surface area contributed by atoms with Gasteiger partial charge in [-0.3, -0.25) is 4.79 Å². The Bertz CT molecular complexity index is 388. The lowest BCUT2D eigenvalue weighted by atomic mass is 9.96. The molecule has 1 aliphatic carbocycles. The van der Waals surface area contributed by atoms with Gasteiger partial charge in [0.15, 0.2) is 0 Å². The van der Waals surface area contributed by atoms with E-state index in [0.717, 1.165) is 12.8 Å². The van der Waals surface area contributed by atoms with Gasteiger partial charge in [0.1, 0.15) is 0 Å². The van der Waals surface area contributed by atoms with Crippen LogP contribution in [0.1, 0.15) is 45.1 Å². The van der Waals surface area contributed by atoms with Crippen molar-refractivity contribution in [2.75, 3.05) is 0 Å². The van der Waals surface area contributed by atoms with Crippen molar-refractivity contribution < 1.29 is 4.79 Å². The summed E-state index contributed by atoms with van der Waals surface area (Å²) in [4.78, 5) is 11.0. The maximum absolute atomic E-state index is 11.0. The number of tetrazole rings is 1. The molecule has 1 aliphatic rings. The van der Waals surface area contributed by atoms with Crippen molar-refractivity contribution in [3.05, 3.63) is 0 Å². The van der Waals surface area contributed by atoms with Gasteiger partial charge in [-0.15, -0.1) is 5.10 Å². The van der Waals surface area contributed by atoms with Crippen LogP contribution < -0.4 is 5.73 Å². The first-order valence-electron chi connectivity index (χ1n) is 5.92. The van der Waals surface area contributed by atoms with E-state index < -0.39 is 0 Å². The first-order valence-corrected chi connectivity index (χ1v) is 6.80. The molecule has 1 fully saturated rings. The number of primary amides is 1. The Kier molecular flexibility index (Phi) is 3.98. The molecule has 0 bridgehead atoms. The van der Waals surface area contributed by atoms with Crippen molar-refractivity contribution in [2.45, 2.75) is 55.5 Å². The third kappa shape index (κ3) is 2.96. The van der Waals surface area contributed by atoms with E-state index in [0.29, 0.717) is 11.2 Å². The largest absolute Gasteiger partial charge is 0.369 e. The highest BCUT2D eigenvalue weighted by Gasteiger charge is 2.22. The predicted octanol–water partition coefficient (Wildman–Crippen LogP) is 1.14. The van der Waals surface area contributed by atoms with Crippen molar-refractivity contribution in [3.8, 4) is 0 Å². The number of thioether (sulfide) groups is 1. The predicted molar refractivity (Wildman–Crippen MR) is 64.5 cm³/mol. The number of nitrogens with zero attached hydrogens (tertiary/aromatic N) is 4. The van der Waals surface area contributed by atoms with Crippen molar-refractivity contribution >= 4 is 17.7 Å². The number of nitrogens with two attached hydrogens (primary N) is 1. The molecule has 1 aromatic heterocycles. The van der Waals surface area contributed by atoms with Crippen LogP contribution in [0.3, 0.4) is 0 Å². The van der Waals surface area contributed by atoms with E-state index in [1.165, 1.54) is 31.0 Å². The van der Waals surface area contributed by atoms with Gasteiger partial charge >= 0.3 is 0 Å². The van der Waals surface area contributed by atoms with Gasteiger partial charge < -0.3 is 5.73 Å². The molecule has 1 atom stereocenters. The fourth-order valence-electron chi connectivity index (χ4n) is 2.03. The standard InChI is InChI=1S/C10H17N5OS/c1-7(9(11)16)17-10-12-13-14-15(10)8-5-3-2-4-6-8/h7-8H,2-6H2,1H3,(H2,11,16)/t7-/m0/s1. The van der Waals surface area contributed by atoms with Crippen LogP contribution in [0, 0.1) is 0 Å². The molecule has 6 nitrogen and oxygen atoms in total. The summed E-state index contributed by atoms with van der Waals surface area (Å²) in [6.45, 7) is 1.77. The molecule has 17 heavy (non-hydrogen) atoms. The van der Waals surface area contributed by atoms with Crippen LogP contribution in [0.25, 0.3) is 0 Å². The van der Waals surface area contributed by atoms with Crippen molar-refractivity contribution in [2.24, 2.45) is 5.73 Å². The average molecular weight is 255 g/mol. The zero-order chi connectivity index (χ0) is 12.3. The lowest BCUT2D eigenvalue weighted by molar-refractivity contribution is -0.117. The minimum Gasteiger partial charge on any atom is -0.369 e. The molecule has 0 unspecified atom stereocenters. The second kappa shape index (κ2) is 5.48. The number of hydrogen-bond donors (Lipinski definition) is 1. The van der Waals surface area contributed by atoms with Gasteiger partial charge in [0.2, 0.25) is 11.1 Å². The number of hydrogen-bond acceptors (Lipinski definition) is 5. The first-order chi connectivity index (χ1) is 8.18. The minimum absolute atomic E-state index is 0.302. The lowest BCUT2D eigenvalue weighted by Crippen LogP contribution is -2.23. The van der Waals surface area contributed by atoms with Crippen LogP contribution in [0.4, 0.5) is 0 Å². The Morgan fingerprint density at radius 3 is 2.82 bits per heavy atom. The van der Waals surface area contributed by atoms with Gasteiger partial charge in [-0.05, 0) is 30.2 Å². The molecule has 94 valence electrons. The zero-order valence-electron chi connectivity index (χ0n) is 9.87. The van der Waals surface area contributed by atoms with Crippen molar-refractivity contribution in [1.82, 2.24) is 20.2 Å². The molecule has 0 saturated heterocycles. The number of amides is 1. The Morgan fingerprint density at radius 2 is 2.18 bits per heavy atom. The fraction of sp³-hybridized carbons (Fsp3) is 0.800. The highest BCUT2D eigenvalue weighted by molar-refractivity contribution is 8.00. The third-order valence-corrected chi connectivity index (χ3v) is 4.13. The van der Waals surface area contributed by atoms with Crippen LogP contribution in [-0.4, -0.2) is 31.4 Å². The molecule has 0 spiro atoms. The SMILES string of the molecule is C[C@H](Sc1nnnn1C1CCCCC1)C(N)=O. The third-order valence-electron chi connectivity index (χ3n) is 3.07. The van der Waals surface area contributed by atoms with E-state index in [2.05, 4.69) is 15.5 Å². The molecule has 1 saturated carbocycles. The Balaban J connectivity index is 2.07. The summed E-state index contributed by atoms with van der Waals surface area (Å²) in [6, 6.07) is 0.376. The molecule has 1 aromatic rings. The fourth-order valence-corrected chi connectivity index (χ4v) is 2.84. The van der Waals surface area contributed by atoms with Gasteiger partial charge in [0, 0.05) is 0 Å². The Morgan fingerprint density at radius 1 is 1.47 bits per heavy atom. The van der Waals surface area contributed by atoms with Crippen molar-refractivity contribution in [3.63, 3.8) is 0 Å². The van der Waals surface area contributed by atoms with Crippen LogP contribution in [0.2, 0.25) is 0 Å². The average Bonchev–Trinajstić information content (AvgIpc) is 2.78. The topological polar surface area (TPSA) is 86.7 Å². The molecule has 0 aliphatic heterocycles. The number of carbonyl (C=O) groups excluding carboxylic acids is 1. The highest BCUT2D eigenvalue weighted by Crippen LogP contribution is 2.31. The Hall–Kier alpha value is -1.11.